The second-order valence-corrected chi connectivity index (χ2v) is 4.20. The Kier molecular flexibility index (Phi) is 3.21. The van der Waals surface area contributed by atoms with Gasteiger partial charge in [-0.05, 0) is 32.2 Å². The predicted molar refractivity (Wildman–Crippen MR) is 63.0 cm³/mol. The van der Waals surface area contributed by atoms with Crippen LogP contribution in [0.5, 0.6) is 5.75 Å². The average molecular weight is 256 g/mol. The molecule has 1 aliphatic heterocycles. The van der Waals surface area contributed by atoms with Gasteiger partial charge in [0.05, 0.1) is 12.2 Å². The van der Waals surface area contributed by atoms with E-state index in [1.165, 1.54) is 25.2 Å². The van der Waals surface area contributed by atoms with Crippen LogP contribution < -0.4 is 15.4 Å². The molecule has 1 heterocycles. The number of amides is 1. The van der Waals surface area contributed by atoms with Crippen molar-refractivity contribution in [3.05, 3.63) is 23.8 Å². The van der Waals surface area contributed by atoms with Gasteiger partial charge in [-0.25, -0.2) is 0 Å². The van der Waals surface area contributed by atoms with Crippen LogP contribution >= 0.6 is 0 Å². The maximum absolute atomic E-state index is 13.7. The summed E-state index contributed by atoms with van der Waals surface area (Å²) in [7, 11) is 1.46. The molecule has 1 aromatic carbocycles. The van der Waals surface area contributed by atoms with E-state index in [9.17, 15) is 13.6 Å². The van der Waals surface area contributed by atoms with Gasteiger partial charge in [-0.3, -0.25) is 4.79 Å². The molecule has 0 aromatic heterocycles. The van der Waals surface area contributed by atoms with E-state index in [1.807, 2.05) is 0 Å². The van der Waals surface area contributed by atoms with E-state index < -0.39 is 18.6 Å². The van der Waals surface area contributed by atoms with Crippen LogP contribution in [0.15, 0.2) is 18.2 Å². The Morgan fingerprint density at radius 1 is 1.50 bits per heavy atom. The second kappa shape index (κ2) is 4.53. The van der Waals surface area contributed by atoms with Crippen molar-refractivity contribution >= 4 is 11.6 Å². The minimum Gasteiger partial charge on any atom is -0.479 e. The van der Waals surface area contributed by atoms with Crippen LogP contribution in [-0.2, 0) is 10.7 Å². The zero-order valence-electron chi connectivity index (χ0n) is 10.1. The number of fused-ring (bicyclic) bond motifs is 1. The van der Waals surface area contributed by atoms with Crippen molar-refractivity contribution in [3.8, 4) is 5.75 Å². The Balaban J connectivity index is 2.33. The number of nitrogens with one attached hydrogen (secondary N) is 2. The molecule has 0 spiro atoms. The second-order valence-electron chi connectivity index (χ2n) is 4.20. The summed E-state index contributed by atoms with van der Waals surface area (Å²) >= 11 is 0. The molecule has 0 saturated heterocycles. The summed E-state index contributed by atoms with van der Waals surface area (Å²) in [6, 6.07) is 4.00. The molecule has 2 N–H and O–H groups in total. The molecule has 1 amide bonds. The molecule has 1 atom stereocenters. The van der Waals surface area contributed by atoms with E-state index >= 15 is 0 Å². The van der Waals surface area contributed by atoms with Crippen LogP contribution in [0.25, 0.3) is 0 Å². The first-order valence-electron chi connectivity index (χ1n) is 5.58. The number of ether oxygens (including phenoxy) is 1. The molecular weight excluding hydrogens is 242 g/mol. The lowest BCUT2D eigenvalue weighted by atomic mass is 10.1. The van der Waals surface area contributed by atoms with Crippen molar-refractivity contribution in [3.63, 3.8) is 0 Å². The molecule has 1 aliphatic rings. The lowest BCUT2D eigenvalue weighted by molar-refractivity contribution is -0.122. The number of rotatable bonds is 3. The summed E-state index contributed by atoms with van der Waals surface area (Å²) in [5, 5.41) is 4.98. The van der Waals surface area contributed by atoms with Gasteiger partial charge in [0, 0.05) is 5.56 Å². The minimum absolute atomic E-state index is 0.158. The maximum Gasteiger partial charge on any atom is 0.285 e. The molecule has 1 unspecified atom stereocenters. The molecule has 98 valence electrons. The van der Waals surface area contributed by atoms with Gasteiger partial charge < -0.3 is 15.4 Å². The molecule has 0 radical (unpaired) electrons. The maximum atomic E-state index is 13.7. The van der Waals surface area contributed by atoms with Crippen molar-refractivity contribution < 1.29 is 18.3 Å². The van der Waals surface area contributed by atoms with E-state index in [4.69, 9.17) is 4.74 Å². The normalized spacial score (nSPS) is 18.9. The Bertz CT molecular complexity index is 477. The fourth-order valence-corrected chi connectivity index (χ4v) is 1.76. The third-order valence-electron chi connectivity index (χ3n) is 2.73. The van der Waals surface area contributed by atoms with Gasteiger partial charge in [-0.15, -0.1) is 0 Å². The highest BCUT2D eigenvalue weighted by atomic mass is 19.3. The summed E-state index contributed by atoms with van der Waals surface area (Å²) in [5.41, 5.74) is 0.125. The highest BCUT2D eigenvalue weighted by Crippen LogP contribution is 2.35. The first-order chi connectivity index (χ1) is 8.44. The number of halogens is 2. The standard InChI is InChI=1S/C12H14F2N2O2/c1-7-11(17)16-9-5-8(3-4-10(9)18-7)12(13,14)6-15-2/h3-5,7,15H,6H2,1-2H3,(H,16,17). The Labute approximate surface area is 103 Å². The number of carbonyl (C=O) groups is 1. The van der Waals surface area contributed by atoms with Crippen molar-refractivity contribution in [2.24, 2.45) is 0 Å². The molecule has 0 fully saturated rings. The SMILES string of the molecule is CNCC(F)(F)c1ccc2c(c1)NC(=O)C(C)O2. The highest BCUT2D eigenvalue weighted by Gasteiger charge is 2.32. The summed E-state index contributed by atoms with van der Waals surface area (Å²) in [6.45, 7) is 1.14. The molecule has 0 aliphatic carbocycles. The number of carbonyl (C=O) groups excluding carboxylic acids is 1. The van der Waals surface area contributed by atoms with Gasteiger partial charge in [-0.2, -0.15) is 8.78 Å². The van der Waals surface area contributed by atoms with Crippen molar-refractivity contribution in [2.75, 3.05) is 18.9 Å². The largest absolute Gasteiger partial charge is 0.479 e. The number of hydrogen-bond acceptors (Lipinski definition) is 3. The molecule has 6 heteroatoms. The molecule has 4 nitrogen and oxygen atoms in total. The zero-order valence-corrected chi connectivity index (χ0v) is 10.1. The van der Waals surface area contributed by atoms with Crippen LogP contribution in [0.1, 0.15) is 12.5 Å². The topological polar surface area (TPSA) is 50.4 Å². The van der Waals surface area contributed by atoms with Crippen LogP contribution in [0.2, 0.25) is 0 Å². The Hall–Kier alpha value is -1.69. The number of anilines is 1. The van der Waals surface area contributed by atoms with Gasteiger partial charge in [0.2, 0.25) is 0 Å². The molecule has 18 heavy (non-hydrogen) atoms. The van der Waals surface area contributed by atoms with E-state index in [0.29, 0.717) is 5.75 Å². The van der Waals surface area contributed by atoms with Gasteiger partial charge >= 0.3 is 0 Å². The lowest BCUT2D eigenvalue weighted by Crippen LogP contribution is -2.35. The van der Waals surface area contributed by atoms with E-state index in [1.54, 1.807) is 6.92 Å². The van der Waals surface area contributed by atoms with Gasteiger partial charge in [0.25, 0.3) is 11.8 Å². The van der Waals surface area contributed by atoms with Gasteiger partial charge in [0.15, 0.2) is 6.10 Å². The summed E-state index contributed by atoms with van der Waals surface area (Å²) in [5.74, 6) is -2.92. The van der Waals surface area contributed by atoms with Crippen LogP contribution in [0.4, 0.5) is 14.5 Å². The van der Waals surface area contributed by atoms with Crippen molar-refractivity contribution in [2.45, 2.75) is 19.0 Å². The number of alkyl halides is 2. The monoisotopic (exact) mass is 256 g/mol. The quantitative estimate of drug-likeness (QED) is 0.865. The fraction of sp³-hybridized carbons (Fsp3) is 0.417. The summed E-state index contributed by atoms with van der Waals surface area (Å²) < 4.78 is 32.7. The van der Waals surface area contributed by atoms with E-state index in [-0.39, 0.29) is 17.2 Å². The van der Waals surface area contributed by atoms with Crippen molar-refractivity contribution in [1.82, 2.24) is 5.32 Å². The Morgan fingerprint density at radius 2 is 2.22 bits per heavy atom. The predicted octanol–water partition coefficient (Wildman–Crippen LogP) is 1.72. The first-order valence-corrected chi connectivity index (χ1v) is 5.58. The van der Waals surface area contributed by atoms with Gasteiger partial charge in [-0.1, -0.05) is 0 Å². The average Bonchev–Trinajstić information content (AvgIpc) is 2.30. The fourth-order valence-electron chi connectivity index (χ4n) is 1.76. The van der Waals surface area contributed by atoms with E-state index in [2.05, 4.69) is 10.6 Å². The van der Waals surface area contributed by atoms with Crippen LogP contribution in [0, 0.1) is 0 Å². The third-order valence-corrected chi connectivity index (χ3v) is 2.73. The van der Waals surface area contributed by atoms with Gasteiger partial charge in [0.1, 0.15) is 5.75 Å². The summed E-state index contributed by atoms with van der Waals surface area (Å²) in [4.78, 5) is 11.4. The first kappa shape index (κ1) is 12.8. The molecule has 0 saturated carbocycles. The number of hydrogen-bond donors (Lipinski definition) is 2. The van der Waals surface area contributed by atoms with Crippen LogP contribution in [0.3, 0.4) is 0 Å². The molecule has 1 aromatic rings. The third kappa shape index (κ3) is 2.28. The summed E-state index contributed by atoms with van der Waals surface area (Å²) in [6.07, 6.45) is -0.610. The van der Waals surface area contributed by atoms with Crippen LogP contribution in [-0.4, -0.2) is 25.6 Å². The molecule has 0 bridgehead atoms. The van der Waals surface area contributed by atoms with E-state index in [0.717, 1.165) is 0 Å². The smallest absolute Gasteiger partial charge is 0.285 e. The lowest BCUT2D eigenvalue weighted by Gasteiger charge is -2.25. The number of benzene rings is 1. The molecule has 2 rings (SSSR count). The highest BCUT2D eigenvalue weighted by molar-refractivity contribution is 5.97. The zero-order chi connectivity index (χ0) is 13.3. The van der Waals surface area contributed by atoms with Crippen molar-refractivity contribution in [1.29, 1.82) is 0 Å². The molecular formula is C12H14F2N2O2. The Morgan fingerprint density at radius 3 is 2.89 bits per heavy atom. The number of likely N-dealkylation sites (N-methyl/N-ethyl adjacent to an activating group) is 1. The minimum atomic E-state index is -2.99.